The van der Waals surface area contributed by atoms with Gasteiger partial charge in [-0.2, -0.15) is 0 Å². The maximum atomic E-state index is 12.3. The fraction of sp³-hybridized carbons (Fsp3) is 0.529. The average molecular weight is 340 g/mol. The fourth-order valence-electron chi connectivity index (χ4n) is 2.69. The first kappa shape index (κ1) is 19.5. The van der Waals surface area contributed by atoms with Crippen LogP contribution in [0.15, 0.2) is 24.3 Å². The predicted molar refractivity (Wildman–Crippen MR) is 93.3 cm³/mol. The largest absolute Gasteiger partial charge is 0.354 e. The summed E-state index contributed by atoms with van der Waals surface area (Å²) in [6, 6.07) is 7.73. The number of aryl methyl sites for hydroxylation is 1. The standard InChI is InChI=1S/C17H25N3O2.ClH/c1-13-4-6-14(7-5-13)12-20-15(8-9-16(20)21)17(22)19-11-3-2-10-18;/h4-7,15H,2-3,8-12,18H2,1H3,(H,19,22);1H. The van der Waals surface area contributed by atoms with Crippen molar-refractivity contribution in [2.75, 3.05) is 13.1 Å². The van der Waals surface area contributed by atoms with Crippen LogP contribution in [0.25, 0.3) is 0 Å². The van der Waals surface area contributed by atoms with Gasteiger partial charge >= 0.3 is 0 Å². The number of nitrogens with zero attached hydrogens (tertiary/aromatic N) is 1. The van der Waals surface area contributed by atoms with Gasteiger partial charge in [0.25, 0.3) is 0 Å². The molecular weight excluding hydrogens is 314 g/mol. The Kier molecular flexibility index (Phi) is 8.06. The highest BCUT2D eigenvalue weighted by Gasteiger charge is 2.35. The van der Waals surface area contributed by atoms with Gasteiger partial charge in [-0.15, -0.1) is 12.4 Å². The Morgan fingerprint density at radius 1 is 1.30 bits per heavy atom. The highest BCUT2D eigenvalue weighted by Crippen LogP contribution is 2.22. The topological polar surface area (TPSA) is 75.4 Å². The number of nitrogens with one attached hydrogen (secondary N) is 1. The molecule has 1 unspecified atom stereocenters. The minimum atomic E-state index is -0.341. The van der Waals surface area contributed by atoms with Crippen LogP contribution in [0.2, 0.25) is 0 Å². The van der Waals surface area contributed by atoms with E-state index in [1.807, 2.05) is 31.2 Å². The summed E-state index contributed by atoms with van der Waals surface area (Å²) in [6.07, 6.45) is 2.83. The second-order valence-electron chi connectivity index (χ2n) is 5.85. The summed E-state index contributed by atoms with van der Waals surface area (Å²) in [5.74, 6) is 0.0117. The molecule has 0 radical (unpaired) electrons. The molecule has 1 atom stereocenters. The SMILES string of the molecule is Cc1ccc(CN2C(=O)CCC2C(=O)NCCCCN)cc1.Cl. The summed E-state index contributed by atoms with van der Waals surface area (Å²) in [7, 11) is 0. The molecule has 23 heavy (non-hydrogen) atoms. The number of carbonyl (C=O) groups excluding carboxylic acids is 2. The lowest BCUT2D eigenvalue weighted by atomic mass is 10.1. The Labute approximate surface area is 144 Å². The van der Waals surface area contributed by atoms with Gasteiger partial charge in [-0.05, 0) is 38.3 Å². The quantitative estimate of drug-likeness (QED) is 0.743. The van der Waals surface area contributed by atoms with Crippen molar-refractivity contribution in [1.29, 1.82) is 0 Å². The van der Waals surface area contributed by atoms with E-state index in [0.29, 0.717) is 32.5 Å². The summed E-state index contributed by atoms with van der Waals surface area (Å²) in [4.78, 5) is 26.0. The normalized spacial score (nSPS) is 17.0. The molecule has 3 N–H and O–H groups in total. The van der Waals surface area contributed by atoms with E-state index in [4.69, 9.17) is 5.73 Å². The van der Waals surface area contributed by atoms with Crippen molar-refractivity contribution in [3.63, 3.8) is 0 Å². The molecule has 1 aromatic rings. The Balaban J connectivity index is 0.00000264. The van der Waals surface area contributed by atoms with Crippen LogP contribution >= 0.6 is 12.4 Å². The highest BCUT2D eigenvalue weighted by molar-refractivity contribution is 5.90. The van der Waals surface area contributed by atoms with Crippen LogP contribution in [-0.2, 0) is 16.1 Å². The van der Waals surface area contributed by atoms with Gasteiger partial charge in [0.1, 0.15) is 6.04 Å². The predicted octanol–water partition coefficient (Wildman–Crippen LogP) is 1.76. The lowest BCUT2D eigenvalue weighted by molar-refractivity contribution is -0.135. The van der Waals surface area contributed by atoms with E-state index in [0.717, 1.165) is 18.4 Å². The van der Waals surface area contributed by atoms with Crippen molar-refractivity contribution < 1.29 is 9.59 Å². The zero-order valence-corrected chi connectivity index (χ0v) is 14.4. The number of unbranched alkanes of at least 4 members (excludes halogenated alkanes) is 1. The number of benzene rings is 1. The summed E-state index contributed by atoms with van der Waals surface area (Å²) in [5, 5.41) is 2.92. The number of likely N-dealkylation sites (tertiary alicyclic amines) is 1. The molecule has 128 valence electrons. The van der Waals surface area contributed by atoms with Gasteiger partial charge in [0.2, 0.25) is 11.8 Å². The average Bonchev–Trinajstić information content (AvgIpc) is 2.87. The molecular formula is C17H26ClN3O2. The number of amides is 2. The molecule has 1 saturated heterocycles. The number of nitrogens with two attached hydrogens (primary N) is 1. The number of hydrogen-bond acceptors (Lipinski definition) is 3. The molecule has 2 amide bonds. The third-order valence-electron chi connectivity index (χ3n) is 4.03. The first-order chi connectivity index (χ1) is 10.6. The van der Waals surface area contributed by atoms with Gasteiger partial charge in [0.15, 0.2) is 0 Å². The molecule has 0 aromatic heterocycles. The van der Waals surface area contributed by atoms with Crippen LogP contribution in [0, 0.1) is 6.92 Å². The molecule has 0 aliphatic carbocycles. The van der Waals surface area contributed by atoms with E-state index in [1.54, 1.807) is 4.90 Å². The summed E-state index contributed by atoms with van der Waals surface area (Å²) in [5.41, 5.74) is 7.68. The summed E-state index contributed by atoms with van der Waals surface area (Å²) < 4.78 is 0. The molecule has 5 nitrogen and oxygen atoms in total. The summed E-state index contributed by atoms with van der Waals surface area (Å²) >= 11 is 0. The van der Waals surface area contributed by atoms with Crippen LogP contribution in [0.3, 0.4) is 0 Å². The van der Waals surface area contributed by atoms with Crippen LogP contribution in [-0.4, -0.2) is 35.8 Å². The Hall–Kier alpha value is -1.59. The minimum Gasteiger partial charge on any atom is -0.354 e. The van der Waals surface area contributed by atoms with Gasteiger partial charge < -0.3 is 16.0 Å². The van der Waals surface area contributed by atoms with Gasteiger partial charge in [-0.25, -0.2) is 0 Å². The molecule has 1 aromatic carbocycles. The Morgan fingerprint density at radius 2 is 2.00 bits per heavy atom. The second-order valence-corrected chi connectivity index (χ2v) is 5.85. The molecule has 6 heteroatoms. The maximum absolute atomic E-state index is 12.3. The fourth-order valence-corrected chi connectivity index (χ4v) is 2.69. The molecule has 0 saturated carbocycles. The number of halogens is 1. The van der Waals surface area contributed by atoms with Gasteiger partial charge in [-0.1, -0.05) is 29.8 Å². The third-order valence-corrected chi connectivity index (χ3v) is 4.03. The van der Waals surface area contributed by atoms with E-state index in [1.165, 1.54) is 5.56 Å². The zero-order chi connectivity index (χ0) is 15.9. The molecule has 0 bridgehead atoms. The highest BCUT2D eigenvalue weighted by atomic mass is 35.5. The maximum Gasteiger partial charge on any atom is 0.242 e. The van der Waals surface area contributed by atoms with Crippen molar-refractivity contribution in [3.05, 3.63) is 35.4 Å². The Bertz CT molecular complexity index is 519. The smallest absolute Gasteiger partial charge is 0.242 e. The lowest BCUT2D eigenvalue weighted by Gasteiger charge is -2.24. The van der Waals surface area contributed by atoms with Crippen LogP contribution < -0.4 is 11.1 Å². The van der Waals surface area contributed by atoms with Crippen LogP contribution in [0.1, 0.15) is 36.8 Å². The van der Waals surface area contributed by atoms with Gasteiger partial charge in [-0.3, -0.25) is 9.59 Å². The monoisotopic (exact) mass is 339 g/mol. The van der Waals surface area contributed by atoms with E-state index in [2.05, 4.69) is 5.32 Å². The molecule has 1 aliphatic heterocycles. The molecule has 0 spiro atoms. The number of rotatable bonds is 7. The number of hydrogen-bond donors (Lipinski definition) is 2. The van der Waals surface area contributed by atoms with Crippen molar-refractivity contribution in [2.45, 2.75) is 45.2 Å². The Morgan fingerprint density at radius 3 is 2.65 bits per heavy atom. The van der Waals surface area contributed by atoms with E-state index >= 15 is 0 Å². The van der Waals surface area contributed by atoms with Crippen molar-refractivity contribution in [2.24, 2.45) is 5.73 Å². The van der Waals surface area contributed by atoms with Gasteiger partial charge in [0, 0.05) is 19.5 Å². The van der Waals surface area contributed by atoms with E-state index in [-0.39, 0.29) is 30.3 Å². The van der Waals surface area contributed by atoms with Crippen molar-refractivity contribution in [1.82, 2.24) is 10.2 Å². The van der Waals surface area contributed by atoms with Gasteiger partial charge in [0.05, 0.1) is 0 Å². The molecule has 1 fully saturated rings. The zero-order valence-electron chi connectivity index (χ0n) is 13.6. The second kappa shape index (κ2) is 9.53. The molecule has 2 rings (SSSR count). The van der Waals surface area contributed by atoms with Crippen molar-refractivity contribution >= 4 is 24.2 Å². The molecule has 1 heterocycles. The van der Waals surface area contributed by atoms with E-state index < -0.39 is 0 Å². The van der Waals surface area contributed by atoms with Crippen LogP contribution in [0.4, 0.5) is 0 Å². The minimum absolute atomic E-state index is 0. The first-order valence-corrected chi connectivity index (χ1v) is 7.94. The van der Waals surface area contributed by atoms with E-state index in [9.17, 15) is 9.59 Å². The first-order valence-electron chi connectivity index (χ1n) is 7.94. The third kappa shape index (κ3) is 5.52. The summed E-state index contributed by atoms with van der Waals surface area (Å²) in [6.45, 7) is 3.79. The van der Waals surface area contributed by atoms with Crippen molar-refractivity contribution in [3.8, 4) is 0 Å². The van der Waals surface area contributed by atoms with Crippen LogP contribution in [0.5, 0.6) is 0 Å². The number of carbonyl (C=O) groups is 2. The molecule has 1 aliphatic rings. The lowest BCUT2D eigenvalue weighted by Crippen LogP contribution is -2.44.